The zero-order valence-electron chi connectivity index (χ0n) is 8.82. The van der Waals surface area contributed by atoms with Crippen LogP contribution in [0.15, 0.2) is 12.1 Å². The number of fused-ring (bicyclic) bond motifs is 1. The zero-order valence-corrected chi connectivity index (χ0v) is 8.82. The summed E-state index contributed by atoms with van der Waals surface area (Å²) >= 11 is 0. The topological polar surface area (TPSA) is 47.9 Å². The van der Waals surface area contributed by atoms with Crippen LogP contribution in [0.3, 0.4) is 0 Å². The quantitative estimate of drug-likeness (QED) is 0.818. The molecule has 0 amide bonds. The molecular formula is C11H14O4. The van der Waals surface area contributed by atoms with Crippen LogP contribution in [0.2, 0.25) is 0 Å². The largest absolute Gasteiger partial charge is 0.496 e. The molecule has 4 heteroatoms. The van der Waals surface area contributed by atoms with Crippen LogP contribution < -0.4 is 14.2 Å². The molecule has 0 aromatic heterocycles. The van der Waals surface area contributed by atoms with Crippen molar-refractivity contribution in [2.24, 2.45) is 0 Å². The maximum absolute atomic E-state index is 9.35. The minimum Gasteiger partial charge on any atom is -0.496 e. The van der Waals surface area contributed by atoms with Gasteiger partial charge in [-0.15, -0.1) is 0 Å². The molecule has 82 valence electrons. The molecule has 0 fully saturated rings. The summed E-state index contributed by atoms with van der Waals surface area (Å²) in [5.74, 6) is 2.13. The van der Waals surface area contributed by atoms with Crippen LogP contribution in [-0.2, 0) is 6.42 Å². The summed E-state index contributed by atoms with van der Waals surface area (Å²) in [5.41, 5.74) is 0.928. The first-order valence-electron chi connectivity index (χ1n) is 4.85. The number of hydrogen-bond acceptors (Lipinski definition) is 4. The summed E-state index contributed by atoms with van der Waals surface area (Å²) in [5, 5.41) is 9.35. The van der Waals surface area contributed by atoms with Gasteiger partial charge in [0.05, 0.1) is 13.2 Å². The minimum absolute atomic E-state index is 0.247. The SMILES string of the molecule is COc1cc2c(cc1CC(C)O)OCO2. The average Bonchev–Trinajstić information content (AvgIpc) is 2.62. The van der Waals surface area contributed by atoms with Crippen molar-refractivity contribution < 1.29 is 19.3 Å². The molecule has 0 saturated heterocycles. The second-order valence-electron chi connectivity index (χ2n) is 3.57. The van der Waals surface area contributed by atoms with Crippen LogP contribution in [0.5, 0.6) is 17.2 Å². The Labute approximate surface area is 88.4 Å². The van der Waals surface area contributed by atoms with E-state index in [0.29, 0.717) is 17.9 Å². The van der Waals surface area contributed by atoms with Gasteiger partial charge in [0.2, 0.25) is 6.79 Å². The van der Waals surface area contributed by atoms with Gasteiger partial charge in [-0.25, -0.2) is 0 Å². The number of ether oxygens (including phenoxy) is 3. The average molecular weight is 210 g/mol. The molecule has 1 atom stereocenters. The molecule has 1 N–H and O–H groups in total. The lowest BCUT2D eigenvalue weighted by atomic mass is 10.1. The van der Waals surface area contributed by atoms with Crippen LogP contribution in [0, 0.1) is 0 Å². The Hall–Kier alpha value is -1.42. The smallest absolute Gasteiger partial charge is 0.231 e. The summed E-state index contributed by atoms with van der Waals surface area (Å²) in [4.78, 5) is 0. The van der Waals surface area contributed by atoms with Crippen molar-refractivity contribution in [3.05, 3.63) is 17.7 Å². The summed E-state index contributed by atoms with van der Waals surface area (Å²) in [6.45, 7) is 1.99. The van der Waals surface area contributed by atoms with E-state index < -0.39 is 6.10 Å². The normalized spacial score (nSPS) is 15.1. The molecule has 0 spiro atoms. The van der Waals surface area contributed by atoms with Gasteiger partial charge in [0, 0.05) is 18.1 Å². The molecule has 15 heavy (non-hydrogen) atoms. The van der Waals surface area contributed by atoms with Gasteiger partial charge in [0.15, 0.2) is 11.5 Å². The van der Waals surface area contributed by atoms with Gasteiger partial charge in [-0.1, -0.05) is 0 Å². The predicted molar refractivity (Wildman–Crippen MR) is 54.5 cm³/mol. The molecule has 4 nitrogen and oxygen atoms in total. The number of rotatable bonds is 3. The van der Waals surface area contributed by atoms with Crippen molar-refractivity contribution in [2.75, 3.05) is 13.9 Å². The molecule has 1 unspecified atom stereocenters. The standard InChI is InChI=1S/C11H14O4/c1-7(12)3-8-4-10-11(15-6-14-10)5-9(8)13-2/h4-5,7,12H,3,6H2,1-2H3. The highest BCUT2D eigenvalue weighted by molar-refractivity contribution is 5.52. The van der Waals surface area contributed by atoms with E-state index in [2.05, 4.69) is 0 Å². The summed E-state index contributed by atoms with van der Waals surface area (Å²) in [7, 11) is 1.60. The first-order valence-corrected chi connectivity index (χ1v) is 4.85. The second kappa shape index (κ2) is 3.98. The van der Waals surface area contributed by atoms with Crippen LogP contribution in [0.25, 0.3) is 0 Å². The monoisotopic (exact) mass is 210 g/mol. The van der Waals surface area contributed by atoms with E-state index in [1.165, 1.54) is 0 Å². The lowest BCUT2D eigenvalue weighted by molar-refractivity contribution is 0.173. The minimum atomic E-state index is -0.403. The number of aliphatic hydroxyl groups excluding tert-OH is 1. The first kappa shape index (κ1) is 10.1. The van der Waals surface area contributed by atoms with Crippen molar-refractivity contribution in [3.8, 4) is 17.2 Å². The molecule has 1 aromatic carbocycles. The molecule has 1 heterocycles. The number of hydrogen-bond donors (Lipinski definition) is 1. The first-order chi connectivity index (χ1) is 7.20. The summed E-state index contributed by atoms with van der Waals surface area (Å²) in [6.07, 6.45) is 0.138. The van der Waals surface area contributed by atoms with Crippen LogP contribution in [0.4, 0.5) is 0 Å². The lowest BCUT2D eigenvalue weighted by Gasteiger charge is -2.11. The van der Waals surface area contributed by atoms with E-state index in [0.717, 1.165) is 11.3 Å². The molecule has 0 aliphatic carbocycles. The molecule has 0 radical (unpaired) electrons. The lowest BCUT2D eigenvalue weighted by Crippen LogP contribution is -2.05. The Morgan fingerprint density at radius 1 is 1.40 bits per heavy atom. The maximum Gasteiger partial charge on any atom is 0.231 e. The van der Waals surface area contributed by atoms with Crippen LogP contribution in [0.1, 0.15) is 12.5 Å². The van der Waals surface area contributed by atoms with Gasteiger partial charge < -0.3 is 19.3 Å². The molecule has 1 aliphatic rings. The molecular weight excluding hydrogens is 196 g/mol. The van der Waals surface area contributed by atoms with Gasteiger partial charge >= 0.3 is 0 Å². The van der Waals surface area contributed by atoms with E-state index in [-0.39, 0.29) is 6.79 Å². The van der Waals surface area contributed by atoms with Crippen molar-refractivity contribution in [1.82, 2.24) is 0 Å². The summed E-state index contributed by atoms with van der Waals surface area (Å²) < 4.78 is 15.7. The van der Waals surface area contributed by atoms with Gasteiger partial charge in [-0.2, -0.15) is 0 Å². The van der Waals surface area contributed by atoms with E-state index in [4.69, 9.17) is 14.2 Å². The van der Waals surface area contributed by atoms with Gasteiger partial charge in [0.1, 0.15) is 5.75 Å². The van der Waals surface area contributed by atoms with Crippen molar-refractivity contribution in [2.45, 2.75) is 19.4 Å². The third-order valence-electron chi connectivity index (χ3n) is 2.29. The Morgan fingerprint density at radius 2 is 2.07 bits per heavy atom. The molecule has 2 rings (SSSR count). The second-order valence-corrected chi connectivity index (χ2v) is 3.57. The Balaban J connectivity index is 2.35. The highest BCUT2D eigenvalue weighted by Gasteiger charge is 2.18. The fourth-order valence-corrected chi connectivity index (χ4v) is 1.63. The van der Waals surface area contributed by atoms with Crippen molar-refractivity contribution in [3.63, 3.8) is 0 Å². The Bertz CT molecular complexity index is 360. The van der Waals surface area contributed by atoms with E-state index >= 15 is 0 Å². The van der Waals surface area contributed by atoms with E-state index in [1.54, 1.807) is 20.1 Å². The Kier molecular flexibility index (Phi) is 2.68. The van der Waals surface area contributed by atoms with Crippen LogP contribution in [-0.4, -0.2) is 25.1 Å². The number of benzene rings is 1. The molecule has 0 bridgehead atoms. The fraction of sp³-hybridized carbons (Fsp3) is 0.455. The van der Waals surface area contributed by atoms with Crippen molar-refractivity contribution in [1.29, 1.82) is 0 Å². The van der Waals surface area contributed by atoms with Crippen molar-refractivity contribution >= 4 is 0 Å². The van der Waals surface area contributed by atoms with Gasteiger partial charge in [0.25, 0.3) is 0 Å². The zero-order chi connectivity index (χ0) is 10.8. The highest BCUT2D eigenvalue weighted by Crippen LogP contribution is 2.38. The molecule has 1 aromatic rings. The third-order valence-corrected chi connectivity index (χ3v) is 2.29. The summed E-state index contributed by atoms with van der Waals surface area (Å²) in [6, 6.07) is 3.65. The van der Waals surface area contributed by atoms with Gasteiger partial charge in [-0.3, -0.25) is 0 Å². The molecule has 0 saturated carbocycles. The predicted octanol–water partition coefficient (Wildman–Crippen LogP) is 1.35. The highest BCUT2D eigenvalue weighted by atomic mass is 16.7. The third kappa shape index (κ3) is 1.99. The van der Waals surface area contributed by atoms with E-state index in [9.17, 15) is 5.11 Å². The van der Waals surface area contributed by atoms with Crippen LogP contribution >= 0.6 is 0 Å². The number of aliphatic hydroxyl groups is 1. The number of methoxy groups -OCH3 is 1. The molecule has 1 aliphatic heterocycles. The Morgan fingerprint density at radius 3 is 2.67 bits per heavy atom. The van der Waals surface area contributed by atoms with Gasteiger partial charge in [-0.05, 0) is 13.0 Å². The maximum atomic E-state index is 9.35. The fourth-order valence-electron chi connectivity index (χ4n) is 1.63. The van der Waals surface area contributed by atoms with E-state index in [1.807, 2.05) is 6.07 Å².